The van der Waals surface area contributed by atoms with Crippen LogP contribution in [0, 0.1) is 0 Å². The van der Waals surface area contributed by atoms with Gasteiger partial charge < -0.3 is 4.74 Å². The lowest BCUT2D eigenvalue weighted by Crippen LogP contribution is -2.25. The van der Waals surface area contributed by atoms with Crippen molar-refractivity contribution in [3.63, 3.8) is 0 Å². The molecule has 0 spiro atoms. The molecule has 1 aliphatic heterocycles. The van der Waals surface area contributed by atoms with E-state index in [0.29, 0.717) is 18.6 Å². The Balaban J connectivity index is 1.82. The van der Waals surface area contributed by atoms with E-state index in [9.17, 15) is 4.79 Å². The molecule has 0 bridgehead atoms. The highest BCUT2D eigenvalue weighted by atomic mass is 16.5. The molecule has 0 saturated heterocycles. The van der Waals surface area contributed by atoms with Crippen LogP contribution in [0.5, 0.6) is 5.75 Å². The first-order valence-corrected chi connectivity index (χ1v) is 7.95. The summed E-state index contributed by atoms with van der Waals surface area (Å²) < 4.78 is 7.66. The van der Waals surface area contributed by atoms with Gasteiger partial charge in [0.2, 0.25) is 0 Å². The molecule has 1 atom stereocenters. The third-order valence-corrected chi connectivity index (χ3v) is 4.34. The number of pyridine rings is 2. The molecular weight excluding hydrogens is 288 g/mol. The van der Waals surface area contributed by atoms with E-state index in [1.807, 2.05) is 37.3 Å². The molecule has 0 radical (unpaired) electrons. The summed E-state index contributed by atoms with van der Waals surface area (Å²) in [7, 11) is 0. The van der Waals surface area contributed by atoms with Crippen LogP contribution in [-0.4, -0.2) is 15.7 Å². The molecule has 4 nitrogen and oxygen atoms in total. The van der Waals surface area contributed by atoms with Gasteiger partial charge in [-0.1, -0.05) is 30.3 Å². The van der Waals surface area contributed by atoms with Crippen molar-refractivity contribution in [1.82, 2.24) is 9.55 Å². The van der Waals surface area contributed by atoms with Crippen LogP contribution in [0.3, 0.4) is 0 Å². The summed E-state index contributed by atoms with van der Waals surface area (Å²) >= 11 is 0. The number of hydrogen-bond donors (Lipinski definition) is 0. The van der Waals surface area contributed by atoms with Gasteiger partial charge in [-0.2, -0.15) is 0 Å². The average Bonchev–Trinajstić information content (AvgIpc) is 2.98. The van der Waals surface area contributed by atoms with Gasteiger partial charge in [-0.15, -0.1) is 0 Å². The highest BCUT2D eigenvalue weighted by Gasteiger charge is 2.27. The minimum absolute atomic E-state index is 0.0338. The zero-order valence-corrected chi connectivity index (χ0v) is 13.0. The molecule has 116 valence electrons. The summed E-state index contributed by atoms with van der Waals surface area (Å²) in [5.74, 6) is 0.724. The lowest BCUT2D eigenvalue weighted by atomic mass is 10.1. The quantitative estimate of drug-likeness (QED) is 0.747. The molecular formula is C19H18N2O2. The van der Waals surface area contributed by atoms with Crippen LogP contribution in [0.1, 0.15) is 18.1 Å². The largest absolute Gasteiger partial charge is 0.489 e. The zero-order chi connectivity index (χ0) is 15.8. The summed E-state index contributed by atoms with van der Waals surface area (Å²) in [6, 6.07) is 14.1. The lowest BCUT2D eigenvalue weighted by molar-refractivity contribution is 0.257. The van der Waals surface area contributed by atoms with Crippen LogP contribution in [0.4, 0.5) is 0 Å². The van der Waals surface area contributed by atoms with E-state index >= 15 is 0 Å². The highest BCUT2D eigenvalue weighted by molar-refractivity contribution is 5.84. The third kappa shape index (κ3) is 2.40. The molecule has 0 saturated carbocycles. The van der Waals surface area contributed by atoms with E-state index in [0.717, 1.165) is 23.1 Å². The Labute approximate surface area is 134 Å². The summed E-state index contributed by atoms with van der Waals surface area (Å²) in [5, 5.41) is 0.930. The maximum absolute atomic E-state index is 12.9. The molecule has 1 unspecified atom stereocenters. The zero-order valence-electron chi connectivity index (χ0n) is 13.0. The number of aryl methyl sites for hydroxylation is 2. The molecule has 4 heteroatoms. The second kappa shape index (κ2) is 5.54. The van der Waals surface area contributed by atoms with Crippen molar-refractivity contribution in [1.29, 1.82) is 0 Å². The van der Waals surface area contributed by atoms with Crippen LogP contribution in [0.15, 0.2) is 53.5 Å². The number of rotatable bonds is 3. The van der Waals surface area contributed by atoms with Crippen molar-refractivity contribution in [2.75, 3.05) is 0 Å². The summed E-state index contributed by atoms with van der Waals surface area (Å²) in [6.07, 6.45) is 3.25. The van der Waals surface area contributed by atoms with E-state index in [-0.39, 0.29) is 11.7 Å². The van der Waals surface area contributed by atoms with E-state index in [2.05, 4.69) is 17.1 Å². The van der Waals surface area contributed by atoms with Gasteiger partial charge in [0.1, 0.15) is 17.5 Å². The number of benzene rings is 1. The smallest absolute Gasteiger partial charge is 0.259 e. The molecule has 3 heterocycles. The van der Waals surface area contributed by atoms with Gasteiger partial charge in [-0.05, 0) is 31.0 Å². The lowest BCUT2D eigenvalue weighted by Gasteiger charge is -2.12. The number of ether oxygens (including phenoxy) is 1. The standard InChI is InChI=1S/C19H18N2O2/c1-13-12-16-17(23-13)15-8-5-10-20-18(15)21(19(16)22)11-9-14-6-3-2-4-7-14/h2-8,10,13H,9,11-12H2,1H3. The van der Waals surface area contributed by atoms with Gasteiger partial charge in [0, 0.05) is 19.2 Å². The predicted octanol–water partition coefficient (Wildman–Crippen LogP) is 2.96. The van der Waals surface area contributed by atoms with Crippen molar-refractivity contribution in [2.45, 2.75) is 32.4 Å². The number of hydrogen-bond acceptors (Lipinski definition) is 3. The monoisotopic (exact) mass is 306 g/mol. The Morgan fingerprint density at radius 3 is 2.87 bits per heavy atom. The van der Waals surface area contributed by atoms with Crippen LogP contribution < -0.4 is 10.3 Å². The van der Waals surface area contributed by atoms with Gasteiger partial charge in [0.25, 0.3) is 5.56 Å². The Morgan fingerprint density at radius 1 is 1.22 bits per heavy atom. The number of nitrogens with zero attached hydrogens (tertiary/aromatic N) is 2. The van der Waals surface area contributed by atoms with Crippen LogP contribution in [-0.2, 0) is 19.4 Å². The minimum atomic E-state index is 0.0338. The van der Waals surface area contributed by atoms with E-state index in [1.165, 1.54) is 5.56 Å². The number of fused-ring (bicyclic) bond motifs is 3. The first kappa shape index (κ1) is 14.0. The van der Waals surface area contributed by atoms with Gasteiger partial charge in [-0.25, -0.2) is 4.98 Å². The fourth-order valence-electron chi connectivity index (χ4n) is 3.25. The first-order chi connectivity index (χ1) is 11.2. The Kier molecular flexibility index (Phi) is 3.37. The van der Waals surface area contributed by atoms with Crippen LogP contribution in [0.2, 0.25) is 0 Å². The van der Waals surface area contributed by atoms with Crippen molar-refractivity contribution in [3.05, 3.63) is 70.1 Å². The molecule has 3 aromatic rings. The molecule has 0 amide bonds. The molecule has 4 rings (SSSR count). The molecule has 2 aromatic heterocycles. The van der Waals surface area contributed by atoms with Crippen LogP contribution in [0.25, 0.3) is 11.0 Å². The van der Waals surface area contributed by atoms with Crippen LogP contribution >= 0.6 is 0 Å². The van der Waals surface area contributed by atoms with Crippen molar-refractivity contribution in [3.8, 4) is 5.75 Å². The SMILES string of the molecule is CC1Cc2c(c3cccnc3n(CCc3ccccc3)c2=O)O1. The maximum atomic E-state index is 12.9. The van der Waals surface area contributed by atoms with Crippen molar-refractivity contribution >= 4 is 11.0 Å². The molecule has 0 aliphatic carbocycles. The third-order valence-electron chi connectivity index (χ3n) is 4.34. The predicted molar refractivity (Wildman–Crippen MR) is 89.9 cm³/mol. The maximum Gasteiger partial charge on any atom is 0.259 e. The van der Waals surface area contributed by atoms with E-state index in [4.69, 9.17) is 4.74 Å². The topological polar surface area (TPSA) is 44.1 Å². The Bertz CT molecular complexity index is 916. The molecule has 23 heavy (non-hydrogen) atoms. The first-order valence-electron chi connectivity index (χ1n) is 7.95. The molecule has 0 fully saturated rings. The Morgan fingerprint density at radius 2 is 2.04 bits per heavy atom. The summed E-state index contributed by atoms with van der Waals surface area (Å²) in [6.45, 7) is 2.62. The minimum Gasteiger partial charge on any atom is -0.489 e. The summed E-state index contributed by atoms with van der Waals surface area (Å²) in [4.78, 5) is 17.3. The normalized spacial score (nSPS) is 16.3. The Hall–Kier alpha value is -2.62. The highest BCUT2D eigenvalue weighted by Crippen LogP contribution is 2.33. The second-order valence-electron chi connectivity index (χ2n) is 6.01. The van der Waals surface area contributed by atoms with Gasteiger partial charge >= 0.3 is 0 Å². The van der Waals surface area contributed by atoms with Gasteiger partial charge in [-0.3, -0.25) is 9.36 Å². The number of aromatic nitrogens is 2. The summed E-state index contributed by atoms with van der Waals surface area (Å²) in [5.41, 5.74) is 2.74. The fourth-order valence-corrected chi connectivity index (χ4v) is 3.25. The van der Waals surface area contributed by atoms with Crippen molar-refractivity contribution in [2.24, 2.45) is 0 Å². The average molecular weight is 306 g/mol. The molecule has 1 aromatic carbocycles. The van der Waals surface area contributed by atoms with Gasteiger partial charge in [0.15, 0.2) is 0 Å². The second-order valence-corrected chi connectivity index (χ2v) is 6.01. The molecule has 1 aliphatic rings. The fraction of sp³-hybridized carbons (Fsp3) is 0.263. The van der Waals surface area contributed by atoms with Crippen molar-refractivity contribution < 1.29 is 4.74 Å². The van der Waals surface area contributed by atoms with Gasteiger partial charge in [0.05, 0.1) is 10.9 Å². The van der Waals surface area contributed by atoms with E-state index < -0.39 is 0 Å². The molecule has 0 N–H and O–H groups in total. The van der Waals surface area contributed by atoms with E-state index in [1.54, 1.807) is 10.8 Å².